The molecule has 1 aromatic heterocycles. The minimum Gasteiger partial charge on any atom is -0.339 e. The number of benzene rings is 2. The van der Waals surface area contributed by atoms with Crippen LogP contribution in [0.4, 0.5) is 20.3 Å². The smallest absolute Gasteiger partial charge is 0.227 e. The lowest BCUT2D eigenvalue weighted by molar-refractivity contribution is -0.129. The predicted octanol–water partition coefficient (Wildman–Crippen LogP) is 4.08. The van der Waals surface area contributed by atoms with Crippen LogP contribution in [-0.2, 0) is 11.3 Å². The molecule has 8 heteroatoms. The number of carbonyl (C=O) groups is 1. The number of imidazole rings is 1. The van der Waals surface area contributed by atoms with Gasteiger partial charge in [0.2, 0.25) is 5.91 Å². The number of rotatable bonds is 6. The molecule has 154 valence electrons. The lowest BCUT2D eigenvalue weighted by atomic mass is 10.1. The highest BCUT2D eigenvalue weighted by Crippen LogP contribution is 2.33. The van der Waals surface area contributed by atoms with E-state index in [9.17, 15) is 13.6 Å². The highest BCUT2D eigenvalue weighted by Gasteiger charge is 2.24. The Kier molecular flexibility index (Phi) is 5.58. The van der Waals surface area contributed by atoms with Crippen molar-refractivity contribution in [1.29, 1.82) is 0 Å². The van der Waals surface area contributed by atoms with Crippen LogP contribution in [0.25, 0.3) is 17.5 Å². The quantitative estimate of drug-likeness (QED) is 0.643. The van der Waals surface area contributed by atoms with Crippen LogP contribution in [0.5, 0.6) is 0 Å². The summed E-state index contributed by atoms with van der Waals surface area (Å²) in [7, 11) is 0. The van der Waals surface area contributed by atoms with Crippen LogP contribution in [0.1, 0.15) is 18.7 Å². The van der Waals surface area contributed by atoms with Crippen molar-refractivity contribution in [2.45, 2.75) is 19.4 Å². The average molecular weight is 409 g/mol. The summed E-state index contributed by atoms with van der Waals surface area (Å²) in [4.78, 5) is 18.7. The molecule has 30 heavy (non-hydrogen) atoms. The van der Waals surface area contributed by atoms with Crippen LogP contribution >= 0.6 is 0 Å². The second-order valence-corrected chi connectivity index (χ2v) is 6.95. The fourth-order valence-electron chi connectivity index (χ4n) is 3.27. The number of nitrogens with one attached hydrogen (secondary N) is 1. The van der Waals surface area contributed by atoms with Gasteiger partial charge in [-0.25, -0.2) is 13.8 Å². The molecule has 0 fully saturated rings. The molecule has 0 atom stereocenters. The van der Waals surface area contributed by atoms with E-state index < -0.39 is 0 Å². The van der Waals surface area contributed by atoms with E-state index in [1.54, 1.807) is 41.6 Å². The molecule has 0 radical (unpaired) electrons. The van der Waals surface area contributed by atoms with Crippen molar-refractivity contribution in [3.05, 3.63) is 72.2 Å². The predicted molar refractivity (Wildman–Crippen MR) is 111 cm³/mol. The zero-order valence-corrected chi connectivity index (χ0v) is 16.2. The molecule has 6 nitrogen and oxygen atoms in total. The van der Waals surface area contributed by atoms with Gasteiger partial charge in [-0.05, 0) is 61.5 Å². The molecule has 0 spiro atoms. The summed E-state index contributed by atoms with van der Waals surface area (Å²) < 4.78 is 28.5. The third-order valence-corrected chi connectivity index (χ3v) is 4.83. The fraction of sp³-hybridized carbons (Fsp3) is 0.182. The van der Waals surface area contributed by atoms with Crippen LogP contribution in [0.15, 0.2) is 54.7 Å². The van der Waals surface area contributed by atoms with Gasteiger partial charge >= 0.3 is 0 Å². The molecule has 0 aliphatic carbocycles. The number of nitrogens with two attached hydrogens (primary N) is 1. The van der Waals surface area contributed by atoms with Gasteiger partial charge in [0.05, 0.1) is 6.54 Å². The maximum Gasteiger partial charge on any atom is 0.227 e. The molecule has 1 aliphatic heterocycles. The van der Waals surface area contributed by atoms with Crippen LogP contribution in [-0.4, -0.2) is 26.9 Å². The van der Waals surface area contributed by atoms with Crippen LogP contribution in [0.3, 0.4) is 0 Å². The average Bonchev–Trinajstić information content (AvgIpc) is 3.11. The van der Waals surface area contributed by atoms with Crippen molar-refractivity contribution in [2.75, 3.05) is 11.9 Å². The fourth-order valence-corrected chi connectivity index (χ4v) is 3.27. The zero-order chi connectivity index (χ0) is 21.1. The Morgan fingerprint density at radius 3 is 2.37 bits per heavy atom. The summed E-state index contributed by atoms with van der Waals surface area (Å²) in [5.74, 6) is 0.604. The van der Waals surface area contributed by atoms with Crippen molar-refractivity contribution in [3.63, 3.8) is 0 Å². The molecule has 0 saturated carbocycles. The summed E-state index contributed by atoms with van der Waals surface area (Å²) in [6.45, 7) is 0.761. The van der Waals surface area contributed by atoms with Gasteiger partial charge in [0, 0.05) is 30.1 Å². The van der Waals surface area contributed by atoms with Gasteiger partial charge in [0.25, 0.3) is 0 Å². The Hall–Kier alpha value is -3.52. The first-order valence-electron chi connectivity index (χ1n) is 9.62. The van der Waals surface area contributed by atoms with Crippen molar-refractivity contribution in [3.8, 4) is 11.3 Å². The normalized spacial score (nSPS) is 12.7. The molecule has 2 aromatic carbocycles. The number of carbonyl (C=O) groups excluding carboxylic acids is 1. The number of aromatic nitrogens is 2. The summed E-state index contributed by atoms with van der Waals surface area (Å²) >= 11 is 0. The maximum absolute atomic E-state index is 13.4. The van der Waals surface area contributed by atoms with Crippen molar-refractivity contribution >= 4 is 23.6 Å². The lowest BCUT2D eigenvalue weighted by Gasteiger charge is -2.23. The summed E-state index contributed by atoms with van der Waals surface area (Å²) in [5, 5.41) is 3.27. The summed E-state index contributed by atoms with van der Waals surface area (Å²) in [6, 6.07) is 12.0. The Labute approximate surface area is 172 Å². The highest BCUT2D eigenvalue weighted by atomic mass is 19.1. The van der Waals surface area contributed by atoms with E-state index in [0.29, 0.717) is 49.0 Å². The number of hydrogen-bond donors (Lipinski definition) is 2. The van der Waals surface area contributed by atoms with Crippen molar-refractivity contribution < 1.29 is 13.6 Å². The first kappa shape index (κ1) is 19.8. The number of fused-ring (bicyclic) bond motifs is 1. The monoisotopic (exact) mass is 409 g/mol. The number of halogens is 2. The van der Waals surface area contributed by atoms with Crippen LogP contribution in [0.2, 0.25) is 0 Å². The minimum atomic E-state index is -0.340. The van der Waals surface area contributed by atoms with E-state index >= 15 is 0 Å². The third kappa shape index (κ3) is 4.08. The molecule has 0 bridgehead atoms. The van der Waals surface area contributed by atoms with E-state index in [1.165, 1.54) is 24.3 Å². The van der Waals surface area contributed by atoms with Gasteiger partial charge in [-0.1, -0.05) is 0 Å². The van der Waals surface area contributed by atoms with Gasteiger partial charge in [-0.15, -0.1) is 0 Å². The topological polar surface area (TPSA) is 76.2 Å². The Bertz CT molecular complexity index is 1070. The second-order valence-electron chi connectivity index (χ2n) is 6.95. The maximum atomic E-state index is 13.4. The Balaban J connectivity index is 1.71. The third-order valence-electron chi connectivity index (χ3n) is 4.83. The Morgan fingerprint density at radius 2 is 1.70 bits per heavy atom. The van der Waals surface area contributed by atoms with Crippen molar-refractivity contribution in [2.24, 2.45) is 5.73 Å². The molecule has 1 amide bonds. The molecule has 1 aliphatic rings. The minimum absolute atomic E-state index is 0.0256. The van der Waals surface area contributed by atoms with E-state index in [4.69, 9.17) is 10.7 Å². The summed E-state index contributed by atoms with van der Waals surface area (Å²) in [6.07, 6.45) is 4.45. The molecule has 3 aromatic rings. The SMILES string of the molecule is NCCCC(=O)N1C=Cn2c(nc(-c3ccc(F)cc3)c2Nc2ccc(F)cc2)C1. The first-order chi connectivity index (χ1) is 14.5. The van der Waals surface area contributed by atoms with E-state index in [0.717, 1.165) is 5.56 Å². The highest BCUT2D eigenvalue weighted by molar-refractivity contribution is 5.81. The number of amides is 1. The molecule has 3 N–H and O–H groups in total. The molecule has 4 rings (SSSR count). The van der Waals surface area contributed by atoms with Crippen LogP contribution in [0, 0.1) is 11.6 Å². The largest absolute Gasteiger partial charge is 0.339 e. The van der Waals surface area contributed by atoms with E-state index in [-0.39, 0.29) is 17.5 Å². The van der Waals surface area contributed by atoms with E-state index in [1.807, 2.05) is 4.57 Å². The molecule has 0 unspecified atom stereocenters. The Morgan fingerprint density at radius 1 is 1.03 bits per heavy atom. The van der Waals surface area contributed by atoms with Gasteiger partial charge in [-0.3, -0.25) is 9.36 Å². The van der Waals surface area contributed by atoms with E-state index in [2.05, 4.69) is 5.32 Å². The molecule has 0 saturated heterocycles. The molecular formula is C22H21F2N5O. The van der Waals surface area contributed by atoms with Gasteiger partial charge in [-0.2, -0.15) is 0 Å². The first-order valence-corrected chi connectivity index (χ1v) is 9.62. The molecule has 2 heterocycles. The summed E-state index contributed by atoms with van der Waals surface area (Å²) in [5.41, 5.74) is 7.50. The standard InChI is InChI=1S/C22H21F2N5O/c23-16-5-3-15(4-6-16)21-22(26-18-9-7-17(24)8-10-18)29-13-12-28(14-19(29)27-21)20(30)2-1-11-25/h3-10,12-13,26H,1-2,11,14,25H2. The lowest BCUT2D eigenvalue weighted by Crippen LogP contribution is -2.29. The number of hydrogen-bond acceptors (Lipinski definition) is 4. The van der Waals surface area contributed by atoms with Gasteiger partial charge in [0.15, 0.2) is 0 Å². The van der Waals surface area contributed by atoms with Crippen molar-refractivity contribution in [1.82, 2.24) is 14.5 Å². The van der Waals surface area contributed by atoms with Gasteiger partial charge < -0.3 is 16.0 Å². The van der Waals surface area contributed by atoms with Gasteiger partial charge in [0.1, 0.15) is 29.0 Å². The number of nitrogens with zero attached hydrogens (tertiary/aromatic N) is 3. The van der Waals surface area contributed by atoms with Crippen LogP contribution < -0.4 is 11.1 Å². The zero-order valence-electron chi connectivity index (χ0n) is 16.2. The number of anilines is 2. The molecular weight excluding hydrogens is 388 g/mol. The second kappa shape index (κ2) is 8.46.